The first-order chi connectivity index (χ1) is 7.91. The van der Waals surface area contributed by atoms with Crippen molar-refractivity contribution in [2.75, 3.05) is 6.54 Å². The second-order valence-corrected chi connectivity index (χ2v) is 5.50. The number of hydrogen-bond donors (Lipinski definition) is 1. The van der Waals surface area contributed by atoms with Crippen LogP contribution in [-0.4, -0.2) is 41.0 Å². The molecule has 2 fully saturated rings. The van der Waals surface area contributed by atoms with Crippen molar-refractivity contribution in [3.8, 4) is 0 Å². The number of nitrogens with zero attached hydrogens (tertiary/aromatic N) is 1. The maximum Gasteiger partial charge on any atom is 0.252 e. The van der Waals surface area contributed by atoms with Crippen molar-refractivity contribution in [3.05, 3.63) is 0 Å². The van der Waals surface area contributed by atoms with Crippen molar-refractivity contribution in [1.82, 2.24) is 4.90 Å². The lowest BCUT2D eigenvalue weighted by Crippen LogP contribution is -2.47. The Morgan fingerprint density at radius 3 is 2.59 bits per heavy atom. The molecule has 0 bridgehead atoms. The zero-order valence-corrected chi connectivity index (χ0v) is 10.4. The van der Waals surface area contributed by atoms with Gasteiger partial charge in [0.15, 0.2) is 0 Å². The summed E-state index contributed by atoms with van der Waals surface area (Å²) in [6.07, 6.45) is 2.73. The summed E-state index contributed by atoms with van der Waals surface area (Å²) in [7, 11) is 0. The Labute approximate surface area is 101 Å². The van der Waals surface area contributed by atoms with Gasteiger partial charge in [-0.1, -0.05) is 0 Å². The van der Waals surface area contributed by atoms with Gasteiger partial charge in [0.25, 0.3) is 5.91 Å². The van der Waals surface area contributed by atoms with E-state index in [-0.39, 0.29) is 11.5 Å². The van der Waals surface area contributed by atoms with Crippen LogP contribution in [0.2, 0.25) is 0 Å². The van der Waals surface area contributed by atoms with Crippen LogP contribution in [-0.2, 0) is 14.3 Å². The third-order valence-electron chi connectivity index (χ3n) is 3.61. The van der Waals surface area contributed by atoms with Crippen molar-refractivity contribution in [2.45, 2.75) is 57.3 Å². The van der Waals surface area contributed by atoms with Crippen LogP contribution < -0.4 is 5.73 Å². The summed E-state index contributed by atoms with van der Waals surface area (Å²) in [6.45, 7) is 4.58. The third-order valence-corrected chi connectivity index (χ3v) is 3.61. The summed E-state index contributed by atoms with van der Waals surface area (Å²) in [6, 6.07) is -0.435. The number of primary amides is 1. The number of carbonyl (C=O) groups excluding carboxylic acids is 2. The van der Waals surface area contributed by atoms with Gasteiger partial charge in [-0.3, -0.25) is 9.59 Å². The zero-order valence-electron chi connectivity index (χ0n) is 10.4. The molecule has 2 aliphatic heterocycles. The quantitative estimate of drug-likeness (QED) is 0.760. The Bertz CT molecular complexity index is 341. The molecule has 17 heavy (non-hydrogen) atoms. The summed E-state index contributed by atoms with van der Waals surface area (Å²) in [5.74, 6) is -0.481. The second kappa shape index (κ2) is 4.29. The van der Waals surface area contributed by atoms with E-state index < -0.39 is 18.1 Å². The van der Waals surface area contributed by atoms with Crippen molar-refractivity contribution in [2.24, 2.45) is 5.73 Å². The topological polar surface area (TPSA) is 72.6 Å². The van der Waals surface area contributed by atoms with Crippen LogP contribution in [0.1, 0.15) is 39.5 Å². The molecule has 0 saturated carbocycles. The molecule has 2 amide bonds. The van der Waals surface area contributed by atoms with Crippen LogP contribution in [0.15, 0.2) is 0 Å². The number of amides is 2. The molecule has 0 spiro atoms. The van der Waals surface area contributed by atoms with Crippen LogP contribution in [0.5, 0.6) is 0 Å². The smallest absolute Gasteiger partial charge is 0.252 e. The molecular formula is C12H20N2O3. The number of hydrogen-bond acceptors (Lipinski definition) is 3. The molecule has 2 N–H and O–H groups in total. The lowest BCUT2D eigenvalue weighted by Gasteiger charge is -2.26. The first kappa shape index (κ1) is 12.4. The fourth-order valence-electron chi connectivity index (χ4n) is 2.67. The maximum absolute atomic E-state index is 12.2. The van der Waals surface area contributed by atoms with Crippen LogP contribution >= 0.6 is 0 Å². The molecule has 0 radical (unpaired) electrons. The van der Waals surface area contributed by atoms with Crippen LogP contribution in [0, 0.1) is 0 Å². The highest BCUT2D eigenvalue weighted by molar-refractivity contribution is 5.89. The van der Waals surface area contributed by atoms with Crippen molar-refractivity contribution < 1.29 is 14.3 Å². The highest BCUT2D eigenvalue weighted by atomic mass is 16.5. The predicted octanol–water partition coefficient (Wildman–Crippen LogP) is 0.420. The number of likely N-dealkylation sites (tertiary alicyclic amines) is 1. The molecule has 1 unspecified atom stereocenters. The predicted molar refractivity (Wildman–Crippen MR) is 62.1 cm³/mol. The monoisotopic (exact) mass is 240 g/mol. The summed E-state index contributed by atoms with van der Waals surface area (Å²) < 4.78 is 5.71. The van der Waals surface area contributed by atoms with Gasteiger partial charge < -0.3 is 15.4 Å². The van der Waals surface area contributed by atoms with Crippen LogP contribution in [0.25, 0.3) is 0 Å². The first-order valence-corrected chi connectivity index (χ1v) is 6.18. The van der Waals surface area contributed by atoms with E-state index >= 15 is 0 Å². The van der Waals surface area contributed by atoms with Gasteiger partial charge in [-0.2, -0.15) is 0 Å². The summed E-state index contributed by atoms with van der Waals surface area (Å²) in [5.41, 5.74) is 5.07. The van der Waals surface area contributed by atoms with Gasteiger partial charge in [-0.25, -0.2) is 0 Å². The molecule has 5 heteroatoms. The minimum Gasteiger partial charge on any atom is -0.368 e. The average Bonchev–Trinajstić information content (AvgIpc) is 2.82. The van der Waals surface area contributed by atoms with E-state index in [1.165, 1.54) is 0 Å². The third kappa shape index (κ3) is 2.44. The van der Waals surface area contributed by atoms with E-state index in [4.69, 9.17) is 10.5 Å². The Balaban J connectivity index is 2.03. The average molecular weight is 240 g/mol. The normalized spacial score (nSPS) is 31.8. The molecule has 2 atom stereocenters. The largest absolute Gasteiger partial charge is 0.368 e. The molecule has 2 heterocycles. The lowest BCUT2D eigenvalue weighted by atomic mass is 10.1. The van der Waals surface area contributed by atoms with Gasteiger partial charge in [-0.05, 0) is 39.5 Å². The van der Waals surface area contributed by atoms with E-state index in [9.17, 15) is 9.59 Å². The molecule has 0 aromatic carbocycles. The fourth-order valence-corrected chi connectivity index (χ4v) is 2.67. The van der Waals surface area contributed by atoms with Crippen LogP contribution in [0.4, 0.5) is 0 Å². The molecule has 5 nitrogen and oxygen atoms in total. The lowest BCUT2D eigenvalue weighted by molar-refractivity contribution is -0.149. The van der Waals surface area contributed by atoms with E-state index in [2.05, 4.69) is 0 Å². The van der Waals surface area contributed by atoms with Gasteiger partial charge >= 0.3 is 0 Å². The van der Waals surface area contributed by atoms with E-state index in [1.807, 2.05) is 13.8 Å². The van der Waals surface area contributed by atoms with Crippen molar-refractivity contribution >= 4 is 11.8 Å². The Morgan fingerprint density at radius 1 is 1.35 bits per heavy atom. The molecular weight excluding hydrogens is 220 g/mol. The highest BCUT2D eigenvalue weighted by Crippen LogP contribution is 2.31. The zero-order chi connectivity index (χ0) is 12.6. The van der Waals surface area contributed by atoms with Gasteiger partial charge in [-0.15, -0.1) is 0 Å². The molecule has 0 aromatic rings. The molecule has 96 valence electrons. The minimum atomic E-state index is -0.435. The van der Waals surface area contributed by atoms with Crippen molar-refractivity contribution in [1.29, 1.82) is 0 Å². The number of ether oxygens (including phenoxy) is 1. The molecule has 0 aromatic heterocycles. The van der Waals surface area contributed by atoms with E-state index in [0.29, 0.717) is 13.0 Å². The van der Waals surface area contributed by atoms with Gasteiger partial charge in [0.1, 0.15) is 12.1 Å². The second-order valence-electron chi connectivity index (χ2n) is 5.50. The molecule has 2 saturated heterocycles. The molecule has 2 rings (SSSR count). The highest BCUT2D eigenvalue weighted by Gasteiger charge is 2.41. The SMILES string of the molecule is CC1(C)CCC(C(=O)N2CCC[C@@H]2C(N)=O)O1. The molecule has 0 aliphatic carbocycles. The van der Waals surface area contributed by atoms with Crippen LogP contribution in [0.3, 0.4) is 0 Å². The number of carbonyl (C=O) groups is 2. The summed E-state index contributed by atoms with van der Waals surface area (Å²) in [4.78, 5) is 25.1. The summed E-state index contributed by atoms with van der Waals surface area (Å²) >= 11 is 0. The summed E-state index contributed by atoms with van der Waals surface area (Å²) in [5, 5.41) is 0. The first-order valence-electron chi connectivity index (χ1n) is 6.18. The number of rotatable bonds is 2. The Morgan fingerprint density at radius 2 is 2.06 bits per heavy atom. The van der Waals surface area contributed by atoms with Gasteiger partial charge in [0.2, 0.25) is 5.91 Å². The number of nitrogens with two attached hydrogens (primary N) is 1. The minimum absolute atomic E-state index is 0.0723. The van der Waals surface area contributed by atoms with E-state index in [1.54, 1.807) is 4.90 Å². The fraction of sp³-hybridized carbons (Fsp3) is 0.833. The van der Waals surface area contributed by atoms with Crippen molar-refractivity contribution in [3.63, 3.8) is 0 Å². The Kier molecular flexibility index (Phi) is 3.12. The standard InChI is InChI=1S/C12H20N2O3/c1-12(2)6-5-9(17-12)11(16)14-7-3-4-8(14)10(13)15/h8-9H,3-7H2,1-2H3,(H2,13,15)/t8-,9?/m1/s1. The maximum atomic E-state index is 12.2. The van der Waals surface area contributed by atoms with Gasteiger partial charge in [0.05, 0.1) is 5.60 Å². The molecule has 2 aliphatic rings. The van der Waals surface area contributed by atoms with E-state index in [0.717, 1.165) is 19.3 Å². The Hall–Kier alpha value is -1.10. The van der Waals surface area contributed by atoms with Gasteiger partial charge in [0, 0.05) is 6.54 Å².